The predicted molar refractivity (Wildman–Crippen MR) is 78.8 cm³/mol. The van der Waals surface area contributed by atoms with Gasteiger partial charge >= 0.3 is 6.18 Å². The van der Waals surface area contributed by atoms with Gasteiger partial charge in [0.2, 0.25) is 0 Å². The molecular weight excluding hydrogens is 291 g/mol. The van der Waals surface area contributed by atoms with Gasteiger partial charge in [-0.15, -0.1) is 0 Å². The molecule has 0 spiro atoms. The quantitative estimate of drug-likeness (QED) is 0.717. The molecule has 0 aliphatic rings. The van der Waals surface area contributed by atoms with Crippen molar-refractivity contribution in [2.75, 3.05) is 0 Å². The molecule has 5 heteroatoms. The van der Waals surface area contributed by atoms with Crippen LogP contribution in [0.1, 0.15) is 16.8 Å². The van der Waals surface area contributed by atoms with Crippen molar-refractivity contribution in [1.29, 1.82) is 0 Å². The molecule has 1 aromatic heterocycles. The predicted octanol–water partition coefficient (Wildman–Crippen LogP) is 5.07. The zero-order valence-corrected chi connectivity index (χ0v) is 11.9. The maximum atomic E-state index is 12.9. The smallest absolute Gasteiger partial charge is 0.419 e. The van der Waals surface area contributed by atoms with Crippen molar-refractivity contribution in [3.63, 3.8) is 0 Å². The first-order valence-corrected chi connectivity index (χ1v) is 6.81. The summed E-state index contributed by atoms with van der Waals surface area (Å²) in [5, 5.41) is 1.01. The molecule has 114 valence electrons. The molecule has 0 saturated heterocycles. The largest absolute Gasteiger partial charge is 0.487 e. The molecule has 2 aromatic carbocycles. The molecule has 0 bridgehead atoms. The minimum absolute atomic E-state index is 0.0564. The Morgan fingerprint density at radius 3 is 2.59 bits per heavy atom. The Hall–Kier alpha value is -2.43. The first-order valence-electron chi connectivity index (χ1n) is 6.81. The van der Waals surface area contributed by atoms with E-state index in [-0.39, 0.29) is 12.4 Å². The standard InChI is InChI=1S/C17H14F3NO/c1-11-6-7-12-9-13(21-15(12)8-11)10-22-16-5-3-2-4-14(16)17(18,19)20/h2-9,21H,10H2,1H3. The molecule has 0 radical (unpaired) electrons. The van der Waals surface area contributed by atoms with Gasteiger partial charge in [-0.05, 0) is 42.1 Å². The van der Waals surface area contributed by atoms with Crippen LogP contribution in [0.15, 0.2) is 48.5 Å². The van der Waals surface area contributed by atoms with Gasteiger partial charge in [0.05, 0.1) is 11.3 Å². The molecular formula is C17H14F3NO. The summed E-state index contributed by atoms with van der Waals surface area (Å²) < 4.78 is 44.1. The van der Waals surface area contributed by atoms with Crippen LogP contribution in [0.25, 0.3) is 10.9 Å². The molecule has 3 aromatic rings. The summed E-state index contributed by atoms with van der Waals surface area (Å²) in [4.78, 5) is 3.16. The molecule has 0 aliphatic heterocycles. The van der Waals surface area contributed by atoms with E-state index in [1.54, 1.807) is 0 Å². The highest BCUT2D eigenvalue weighted by atomic mass is 19.4. The van der Waals surface area contributed by atoms with Crippen LogP contribution >= 0.6 is 0 Å². The number of nitrogens with one attached hydrogen (secondary N) is 1. The summed E-state index contributed by atoms with van der Waals surface area (Å²) in [5.41, 5.74) is 2.03. The van der Waals surface area contributed by atoms with Crippen LogP contribution in [0, 0.1) is 6.92 Å². The third kappa shape index (κ3) is 2.93. The molecule has 0 fully saturated rings. The number of H-pyrrole nitrogens is 1. The highest BCUT2D eigenvalue weighted by Gasteiger charge is 2.34. The van der Waals surface area contributed by atoms with Gasteiger partial charge < -0.3 is 9.72 Å². The second-order valence-corrected chi connectivity index (χ2v) is 5.17. The van der Waals surface area contributed by atoms with Gasteiger partial charge in [0, 0.05) is 5.52 Å². The number of rotatable bonds is 3. The lowest BCUT2D eigenvalue weighted by Gasteiger charge is -2.13. The van der Waals surface area contributed by atoms with Crippen LogP contribution in [0.2, 0.25) is 0 Å². The number of aryl methyl sites for hydroxylation is 1. The first-order chi connectivity index (χ1) is 10.4. The van der Waals surface area contributed by atoms with E-state index in [4.69, 9.17) is 4.74 Å². The van der Waals surface area contributed by atoms with Crippen LogP contribution in [-0.2, 0) is 12.8 Å². The van der Waals surface area contributed by atoms with E-state index in [9.17, 15) is 13.2 Å². The minimum Gasteiger partial charge on any atom is -0.487 e. The number of hydrogen-bond donors (Lipinski definition) is 1. The zero-order chi connectivity index (χ0) is 15.7. The van der Waals surface area contributed by atoms with Crippen LogP contribution in [0.4, 0.5) is 13.2 Å². The maximum absolute atomic E-state index is 12.9. The van der Waals surface area contributed by atoms with Crippen LogP contribution < -0.4 is 4.74 Å². The monoisotopic (exact) mass is 305 g/mol. The van der Waals surface area contributed by atoms with E-state index in [2.05, 4.69) is 4.98 Å². The van der Waals surface area contributed by atoms with Gasteiger partial charge in [-0.3, -0.25) is 0 Å². The molecule has 0 amide bonds. The highest BCUT2D eigenvalue weighted by Crippen LogP contribution is 2.36. The SMILES string of the molecule is Cc1ccc2cc(COc3ccccc3C(F)(F)F)[nH]c2c1. The highest BCUT2D eigenvalue weighted by molar-refractivity contribution is 5.81. The fourth-order valence-corrected chi connectivity index (χ4v) is 2.36. The number of aromatic nitrogens is 1. The number of aromatic amines is 1. The topological polar surface area (TPSA) is 25.0 Å². The van der Waals surface area contributed by atoms with Crippen LogP contribution in [0.3, 0.4) is 0 Å². The number of fused-ring (bicyclic) bond motifs is 1. The van der Waals surface area contributed by atoms with Gasteiger partial charge in [0.25, 0.3) is 0 Å². The Morgan fingerprint density at radius 2 is 1.82 bits per heavy atom. The van der Waals surface area contributed by atoms with Gasteiger partial charge in [-0.25, -0.2) is 0 Å². The fraction of sp³-hybridized carbons (Fsp3) is 0.176. The van der Waals surface area contributed by atoms with Crippen molar-refractivity contribution in [3.05, 3.63) is 65.4 Å². The molecule has 0 aliphatic carbocycles. The first kappa shape index (κ1) is 14.5. The van der Waals surface area contributed by atoms with Gasteiger partial charge in [0.15, 0.2) is 0 Å². The van der Waals surface area contributed by atoms with Gasteiger partial charge in [-0.2, -0.15) is 13.2 Å². The van der Waals surface area contributed by atoms with Crippen LogP contribution in [0.5, 0.6) is 5.75 Å². The number of ether oxygens (including phenoxy) is 1. The number of benzene rings is 2. The van der Waals surface area contributed by atoms with Crippen molar-refractivity contribution in [1.82, 2.24) is 4.98 Å². The van der Waals surface area contributed by atoms with E-state index < -0.39 is 11.7 Å². The third-order valence-electron chi connectivity index (χ3n) is 3.41. The van der Waals surface area contributed by atoms with E-state index in [1.807, 2.05) is 31.2 Å². The van der Waals surface area contributed by atoms with Gasteiger partial charge in [-0.1, -0.05) is 24.3 Å². The lowest BCUT2D eigenvalue weighted by molar-refractivity contribution is -0.139. The van der Waals surface area contributed by atoms with E-state index in [0.29, 0.717) is 0 Å². The van der Waals surface area contributed by atoms with E-state index in [0.717, 1.165) is 28.2 Å². The minimum atomic E-state index is -4.42. The van der Waals surface area contributed by atoms with Gasteiger partial charge in [0.1, 0.15) is 12.4 Å². The summed E-state index contributed by atoms with van der Waals surface area (Å²) in [7, 11) is 0. The number of para-hydroxylation sites is 1. The second-order valence-electron chi connectivity index (χ2n) is 5.17. The molecule has 1 heterocycles. The third-order valence-corrected chi connectivity index (χ3v) is 3.41. The Bertz CT molecular complexity index is 805. The molecule has 3 rings (SSSR count). The molecule has 0 atom stereocenters. The Morgan fingerprint density at radius 1 is 1.05 bits per heavy atom. The number of halogens is 3. The van der Waals surface area contributed by atoms with Crippen LogP contribution in [-0.4, -0.2) is 4.98 Å². The van der Waals surface area contributed by atoms with Crippen molar-refractivity contribution < 1.29 is 17.9 Å². The normalized spacial score (nSPS) is 11.8. The molecule has 1 N–H and O–H groups in total. The Balaban J connectivity index is 1.82. The number of hydrogen-bond acceptors (Lipinski definition) is 1. The lowest BCUT2D eigenvalue weighted by Crippen LogP contribution is -2.08. The van der Waals surface area contributed by atoms with E-state index >= 15 is 0 Å². The summed E-state index contributed by atoms with van der Waals surface area (Å²) in [6, 6.07) is 13.0. The summed E-state index contributed by atoms with van der Waals surface area (Å²) in [6.07, 6.45) is -4.42. The van der Waals surface area contributed by atoms with Crippen molar-refractivity contribution >= 4 is 10.9 Å². The maximum Gasteiger partial charge on any atom is 0.419 e. The molecule has 22 heavy (non-hydrogen) atoms. The molecule has 0 unspecified atom stereocenters. The summed E-state index contributed by atoms with van der Waals surface area (Å²) in [5.74, 6) is -0.162. The number of alkyl halides is 3. The van der Waals surface area contributed by atoms with Crippen molar-refractivity contribution in [3.8, 4) is 5.75 Å². The van der Waals surface area contributed by atoms with E-state index in [1.165, 1.54) is 18.2 Å². The Kier molecular flexibility index (Phi) is 3.56. The zero-order valence-electron chi connectivity index (χ0n) is 11.9. The summed E-state index contributed by atoms with van der Waals surface area (Å²) >= 11 is 0. The van der Waals surface area contributed by atoms with Crippen molar-refractivity contribution in [2.24, 2.45) is 0 Å². The molecule has 0 saturated carbocycles. The average Bonchev–Trinajstić information content (AvgIpc) is 2.86. The summed E-state index contributed by atoms with van der Waals surface area (Å²) in [6.45, 7) is 2.04. The lowest BCUT2D eigenvalue weighted by atomic mass is 10.2. The molecule has 2 nitrogen and oxygen atoms in total. The second kappa shape index (κ2) is 5.40. The average molecular weight is 305 g/mol. The van der Waals surface area contributed by atoms with Crippen molar-refractivity contribution in [2.45, 2.75) is 19.7 Å². The Labute approximate surface area is 125 Å². The fourth-order valence-electron chi connectivity index (χ4n) is 2.36.